The number of anilines is 2. The van der Waals surface area contributed by atoms with Crippen molar-refractivity contribution in [2.24, 2.45) is 12.8 Å². The van der Waals surface area contributed by atoms with Crippen LogP contribution >= 0.6 is 11.6 Å². The number of aryl methyl sites for hydroxylation is 1. The Labute approximate surface area is 144 Å². The molecule has 0 radical (unpaired) electrons. The third-order valence-electron chi connectivity index (χ3n) is 3.67. The van der Waals surface area contributed by atoms with E-state index in [1.807, 2.05) is 45.3 Å². The van der Waals surface area contributed by atoms with Gasteiger partial charge < -0.3 is 11.1 Å². The highest BCUT2D eigenvalue weighted by Crippen LogP contribution is 2.32. The average molecular weight is 344 g/mol. The monoisotopic (exact) mass is 343 g/mol. The zero-order valence-electron chi connectivity index (χ0n) is 13.7. The fraction of sp³-hybridized carbons (Fsp3) is 0.250. The first-order valence-electron chi connectivity index (χ1n) is 7.46. The first-order valence-corrected chi connectivity index (χ1v) is 7.84. The van der Waals surface area contributed by atoms with Crippen LogP contribution in [-0.2, 0) is 7.05 Å². The summed E-state index contributed by atoms with van der Waals surface area (Å²) in [4.78, 5) is 12.8. The number of halogens is 1. The molecule has 3 aromatic rings. The van der Waals surface area contributed by atoms with Gasteiger partial charge >= 0.3 is 0 Å². The van der Waals surface area contributed by atoms with E-state index in [-0.39, 0.29) is 6.04 Å². The van der Waals surface area contributed by atoms with Crippen LogP contribution in [0.15, 0.2) is 30.7 Å². The normalized spacial score (nSPS) is 12.2. The van der Waals surface area contributed by atoms with Crippen molar-refractivity contribution in [1.82, 2.24) is 24.7 Å². The number of nitrogens with one attached hydrogen (secondary N) is 1. The fourth-order valence-electron chi connectivity index (χ4n) is 2.38. The zero-order valence-corrected chi connectivity index (χ0v) is 14.4. The summed E-state index contributed by atoms with van der Waals surface area (Å²) in [6.45, 7) is 3.83. The van der Waals surface area contributed by atoms with Crippen molar-refractivity contribution < 1.29 is 0 Å². The van der Waals surface area contributed by atoms with Gasteiger partial charge in [0.05, 0.1) is 0 Å². The van der Waals surface area contributed by atoms with Crippen LogP contribution in [0.3, 0.4) is 0 Å². The molecule has 8 heteroatoms. The summed E-state index contributed by atoms with van der Waals surface area (Å²) < 4.78 is 1.70. The molecule has 2 heterocycles. The molecule has 0 bridgehead atoms. The van der Waals surface area contributed by atoms with Gasteiger partial charge in [0.2, 0.25) is 5.95 Å². The van der Waals surface area contributed by atoms with E-state index < -0.39 is 0 Å². The summed E-state index contributed by atoms with van der Waals surface area (Å²) >= 11 is 6.44. The van der Waals surface area contributed by atoms with E-state index in [9.17, 15) is 0 Å². The molecular formula is C16H18ClN7. The lowest BCUT2D eigenvalue weighted by Crippen LogP contribution is -2.07. The lowest BCUT2D eigenvalue weighted by molar-refractivity contribution is 0.770. The van der Waals surface area contributed by atoms with Gasteiger partial charge in [0.25, 0.3) is 0 Å². The van der Waals surface area contributed by atoms with Gasteiger partial charge in [0, 0.05) is 35.9 Å². The molecule has 7 nitrogen and oxygen atoms in total. The molecule has 0 fully saturated rings. The molecule has 124 valence electrons. The second-order valence-electron chi connectivity index (χ2n) is 5.56. The van der Waals surface area contributed by atoms with E-state index in [2.05, 4.69) is 25.4 Å². The molecule has 0 aliphatic rings. The highest BCUT2D eigenvalue weighted by atomic mass is 35.5. The number of nitrogens with zero attached hydrogens (tertiary/aromatic N) is 5. The van der Waals surface area contributed by atoms with Gasteiger partial charge in [-0.25, -0.2) is 9.97 Å². The Kier molecular flexibility index (Phi) is 4.46. The quantitative estimate of drug-likeness (QED) is 0.756. The first-order chi connectivity index (χ1) is 11.5. The number of rotatable bonds is 4. The van der Waals surface area contributed by atoms with Crippen molar-refractivity contribution in [3.8, 4) is 11.4 Å². The second kappa shape index (κ2) is 6.54. The predicted molar refractivity (Wildman–Crippen MR) is 94.1 cm³/mol. The van der Waals surface area contributed by atoms with Crippen molar-refractivity contribution >= 4 is 23.4 Å². The topological polar surface area (TPSA) is 94.5 Å². The lowest BCUT2D eigenvalue weighted by atomic mass is 10.0. The van der Waals surface area contributed by atoms with Crippen LogP contribution in [0, 0.1) is 6.92 Å². The predicted octanol–water partition coefficient (Wildman–Crippen LogP) is 3.00. The molecule has 3 rings (SSSR count). The fourth-order valence-corrected chi connectivity index (χ4v) is 2.72. The summed E-state index contributed by atoms with van der Waals surface area (Å²) in [6, 6.07) is 5.54. The number of benzene rings is 1. The second-order valence-corrected chi connectivity index (χ2v) is 5.94. The molecule has 3 N–H and O–H groups in total. The Morgan fingerprint density at radius 2 is 2.04 bits per heavy atom. The van der Waals surface area contributed by atoms with E-state index >= 15 is 0 Å². The summed E-state index contributed by atoms with van der Waals surface area (Å²) in [5.74, 6) is 1.63. The van der Waals surface area contributed by atoms with E-state index in [1.165, 1.54) is 6.33 Å². The minimum Gasteiger partial charge on any atom is -0.324 e. The SMILES string of the molecule is Cc1c(-c2ncnc(Nc3ccn(C)n3)n2)ccc([C@@H](C)N)c1Cl. The Bertz CT molecular complexity index is 873. The first kappa shape index (κ1) is 16.4. The van der Waals surface area contributed by atoms with Gasteiger partial charge in [-0.05, 0) is 25.0 Å². The number of hydrogen-bond donors (Lipinski definition) is 2. The smallest absolute Gasteiger partial charge is 0.231 e. The third-order valence-corrected chi connectivity index (χ3v) is 4.17. The number of aromatic nitrogens is 5. The number of hydrogen-bond acceptors (Lipinski definition) is 6. The Morgan fingerprint density at radius 1 is 1.25 bits per heavy atom. The van der Waals surface area contributed by atoms with E-state index in [1.54, 1.807) is 4.68 Å². The van der Waals surface area contributed by atoms with Crippen LogP contribution in [0.25, 0.3) is 11.4 Å². The van der Waals surface area contributed by atoms with Crippen molar-refractivity contribution in [2.45, 2.75) is 19.9 Å². The summed E-state index contributed by atoms with van der Waals surface area (Å²) in [5.41, 5.74) is 8.57. The number of nitrogens with two attached hydrogens (primary N) is 1. The van der Waals surface area contributed by atoms with Crippen molar-refractivity contribution in [3.05, 3.63) is 46.9 Å². The molecule has 0 amide bonds. The molecule has 0 spiro atoms. The molecule has 0 saturated carbocycles. The molecular weight excluding hydrogens is 326 g/mol. The molecule has 0 saturated heterocycles. The summed E-state index contributed by atoms with van der Waals surface area (Å²) in [5, 5.41) is 7.93. The van der Waals surface area contributed by atoms with Gasteiger partial charge in [0.1, 0.15) is 6.33 Å². The molecule has 0 unspecified atom stereocenters. The lowest BCUT2D eigenvalue weighted by Gasteiger charge is -2.13. The maximum absolute atomic E-state index is 6.44. The van der Waals surface area contributed by atoms with Gasteiger partial charge in [-0.2, -0.15) is 10.1 Å². The Balaban J connectivity index is 1.95. The van der Waals surface area contributed by atoms with Gasteiger partial charge in [0.15, 0.2) is 11.6 Å². The van der Waals surface area contributed by atoms with Crippen LogP contribution in [0.5, 0.6) is 0 Å². The molecule has 0 aliphatic heterocycles. The van der Waals surface area contributed by atoms with Gasteiger partial charge in [-0.15, -0.1) is 0 Å². The van der Waals surface area contributed by atoms with E-state index in [0.717, 1.165) is 16.7 Å². The largest absolute Gasteiger partial charge is 0.324 e. The Morgan fingerprint density at radius 3 is 2.71 bits per heavy atom. The van der Waals surface area contributed by atoms with Crippen molar-refractivity contribution in [2.75, 3.05) is 5.32 Å². The van der Waals surface area contributed by atoms with Gasteiger partial charge in [-0.3, -0.25) is 4.68 Å². The zero-order chi connectivity index (χ0) is 17.3. The van der Waals surface area contributed by atoms with Gasteiger partial charge in [-0.1, -0.05) is 23.7 Å². The molecule has 1 atom stereocenters. The minimum absolute atomic E-state index is 0.134. The highest BCUT2D eigenvalue weighted by Gasteiger charge is 2.14. The minimum atomic E-state index is -0.134. The van der Waals surface area contributed by atoms with E-state index in [4.69, 9.17) is 17.3 Å². The van der Waals surface area contributed by atoms with Crippen LogP contribution in [0.2, 0.25) is 5.02 Å². The molecule has 24 heavy (non-hydrogen) atoms. The van der Waals surface area contributed by atoms with Crippen LogP contribution in [-0.4, -0.2) is 24.7 Å². The maximum atomic E-state index is 6.44. The molecule has 2 aromatic heterocycles. The average Bonchev–Trinajstić information content (AvgIpc) is 2.95. The van der Waals surface area contributed by atoms with Crippen molar-refractivity contribution in [3.63, 3.8) is 0 Å². The van der Waals surface area contributed by atoms with E-state index in [0.29, 0.717) is 22.6 Å². The third kappa shape index (κ3) is 3.22. The summed E-state index contributed by atoms with van der Waals surface area (Å²) in [7, 11) is 1.84. The van der Waals surface area contributed by atoms with Crippen LogP contribution < -0.4 is 11.1 Å². The van der Waals surface area contributed by atoms with Crippen molar-refractivity contribution in [1.29, 1.82) is 0 Å². The highest BCUT2D eigenvalue weighted by molar-refractivity contribution is 6.32. The molecule has 1 aromatic carbocycles. The van der Waals surface area contributed by atoms with Crippen LogP contribution in [0.4, 0.5) is 11.8 Å². The summed E-state index contributed by atoms with van der Waals surface area (Å²) in [6.07, 6.45) is 3.29. The standard InChI is InChI=1S/C16H18ClN7/c1-9-11(4-5-12(10(2)18)14(9)17)15-19-8-20-16(22-15)21-13-6-7-24(3)23-13/h4-8,10H,18H2,1-3H3,(H,19,20,21,22,23)/t10-/m1/s1. The van der Waals surface area contributed by atoms with Crippen LogP contribution in [0.1, 0.15) is 24.1 Å². The maximum Gasteiger partial charge on any atom is 0.231 e. The Hall–Kier alpha value is -2.51. The molecule has 0 aliphatic carbocycles.